The first-order valence-electron chi connectivity index (χ1n) is 21.5. The fourth-order valence-electron chi connectivity index (χ4n) is 11.0. The second-order valence-electron chi connectivity index (χ2n) is 17.5. The van der Waals surface area contributed by atoms with Gasteiger partial charge in [-0.15, -0.1) is 0 Å². The third-order valence-corrected chi connectivity index (χ3v) is 13.8. The molecule has 2 heteroatoms. The molecule has 9 aromatic carbocycles. The lowest BCUT2D eigenvalue weighted by Crippen LogP contribution is -2.24. The van der Waals surface area contributed by atoms with Gasteiger partial charge in [0.1, 0.15) is 0 Å². The van der Waals surface area contributed by atoms with Crippen molar-refractivity contribution in [2.24, 2.45) is 0 Å². The Labute approximate surface area is 347 Å². The lowest BCUT2D eigenvalue weighted by molar-refractivity contribution is 0.660. The molecule has 2 nitrogen and oxygen atoms in total. The van der Waals surface area contributed by atoms with Gasteiger partial charge in [-0.2, -0.15) is 0 Å². The molecule has 0 bridgehead atoms. The molecular formula is C57H46N2. The third kappa shape index (κ3) is 5.32. The zero-order valence-electron chi connectivity index (χ0n) is 33.8. The fraction of sp³-hybridized carbons (Fsp3) is 0.158. The van der Waals surface area contributed by atoms with Gasteiger partial charge in [0.25, 0.3) is 0 Å². The second kappa shape index (κ2) is 13.2. The number of para-hydroxylation sites is 2. The molecule has 9 aromatic rings. The molecule has 0 radical (unpaired) electrons. The summed E-state index contributed by atoms with van der Waals surface area (Å²) in [6.07, 6.45) is 4.54. The van der Waals surface area contributed by atoms with Crippen LogP contribution in [0.5, 0.6) is 0 Å². The van der Waals surface area contributed by atoms with Crippen molar-refractivity contribution in [2.45, 2.75) is 44.9 Å². The SMILES string of the molecule is CC1(C)c2ccccc2-c2cc(-c3c4ccc(N5CCCc6ccccc65)cc4c(-c4ccc5ccccc5c4)c4ccc(N5CCCc6ccccc65)cc34)ccc21. The highest BCUT2D eigenvalue weighted by atomic mass is 15.1. The molecule has 0 N–H and O–H groups in total. The molecule has 0 amide bonds. The lowest BCUT2D eigenvalue weighted by atomic mass is 9.81. The number of nitrogens with zero attached hydrogens (tertiary/aromatic N) is 2. The van der Waals surface area contributed by atoms with Gasteiger partial charge >= 0.3 is 0 Å². The highest BCUT2D eigenvalue weighted by molar-refractivity contribution is 6.23. The monoisotopic (exact) mass is 758 g/mol. The summed E-state index contributed by atoms with van der Waals surface area (Å²) in [6, 6.07) is 64.9. The molecule has 0 aromatic heterocycles. The van der Waals surface area contributed by atoms with Crippen molar-refractivity contribution in [3.8, 4) is 33.4 Å². The number of benzene rings is 9. The highest BCUT2D eigenvalue weighted by Gasteiger charge is 2.35. The van der Waals surface area contributed by atoms with Gasteiger partial charge in [-0.3, -0.25) is 0 Å². The van der Waals surface area contributed by atoms with Crippen LogP contribution in [0.3, 0.4) is 0 Å². The molecule has 0 atom stereocenters. The van der Waals surface area contributed by atoms with Crippen LogP contribution in [0.15, 0.2) is 170 Å². The third-order valence-electron chi connectivity index (χ3n) is 13.8. The molecule has 3 aliphatic rings. The fourth-order valence-corrected chi connectivity index (χ4v) is 11.0. The van der Waals surface area contributed by atoms with Crippen molar-refractivity contribution in [1.82, 2.24) is 0 Å². The number of rotatable bonds is 4. The van der Waals surface area contributed by atoms with Crippen LogP contribution >= 0.6 is 0 Å². The van der Waals surface area contributed by atoms with E-state index in [1.807, 2.05) is 0 Å². The molecule has 0 saturated heterocycles. The second-order valence-corrected chi connectivity index (χ2v) is 17.5. The Morgan fingerprint density at radius 3 is 1.59 bits per heavy atom. The minimum atomic E-state index is -0.0526. The van der Waals surface area contributed by atoms with Gasteiger partial charge in [-0.1, -0.05) is 135 Å². The summed E-state index contributed by atoms with van der Waals surface area (Å²) >= 11 is 0. The number of hydrogen-bond donors (Lipinski definition) is 0. The minimum Gasteiger partial charge on any atom is -0.341 e. The van der Waals surface area contributed by atoms with E-state index in [-0.39, 0.29) is 5.41 Å². The first kappa shape index (κ1) is 34.4. The van der Waals surface area contributed by atoms with E-state index >= 15 is 0 Å². The number of aryl methyl sites for hydroxylation is 2. The number of anilines is 4. The zero-order valence-corrected chi connectivity index (χ0v) is 33.8. The van der Waals surface area contributed by atoms with Gasteiger partial charge in [-0.25, -0.2) is 0 Å². The van der Waals surface area contributed by atoms with Crippen LogP contribution in [-0.2, 0) is 18.3 Å². The van der Waals surface area contributed by atoms with Crippen LogP contribution in [0, 0.1) is 0 Å². The van der Waals surface area contributed by atoms with Crippen molar-refractivity contribution in [3.05, 3.63) is 192 Å². The summed E-state index contributed by atoms with van der Waals surface area (Å²) < 4.78 is 0. The van der Waals surface area contributed by atoms with E-state index in [4.69, 9.17) is 0 Å². The Balaban J connectivity index is 1.18. The molecule has 0 spiro atoms. The standard InChI is InChI=1S/C57H46N2/c1-57(2)51-20-8-7-19-45(51)48-34-42(25-30-52(48)57)56-47-29-27-43(58-31-11-17-38-14-5-9-21-53(38)58)35-49(47)55(41-24-23-37-13-3-4-16-40(37)33-41)46-28-26-44(36-50(46)56)59-32-12-18-39-15-6-10-22-54(39)59/h3-10,13-16,19-30,33-36H,11-12,17-18,31-32H2,1-2H3. The summed E-state index contributed by atoms with van der Waals surface area (Å²) in [4.78, 5) is 5.11. The summed E-state index contributed by atoms with van der Waals surface area (Å²) in [7, 11) is 0. The summed E-state index contributed by atoms with van der Waals surface area (Å²) in [5.41, 5.74) is 18.6. The van der Waals surface area contributed by atoms with Gasteiger partial charge in [0.15, 0.2) is 0 Å². The molecular weight excluding hydrogens is 713 g/mol. The van der Waals surface area contributed by atoms with Crippen LogP contribution in [-0.4, -0.2) is 13.1 Å². The van der Waals surface area contributed by atoms with Crippen LogP contribution in [0.2, 0.25) is 0 Å². The maximum atomic E-state index is 2.56. The smallest absolute Gasteiger partial charge is 0.0443 e. The predicted octanol–water partition coefficient (Wildman–Crippen LogP) is 15.0. The Kier molecular flexibility index (Phi) is 7.69. The van der Waals surface area contributed by atoms with Crippen LogP contribution in [0.1, 0.15) is 48.9 Å². The Bertz CT molecular complexity index is 3170. The van der Waals surface area contributed by atoms with E-state index in [1.165, 1.54) is 111 Å². The first-order chi connectivity index (χ1) is 29.0. The van der Waals surface area contributed by atoms with Crippen LogP contribution in [0.25, 0.3) is 65.7 Å². The predicted molar refractivity (Wildman–Crippen MR) is 251 cm³/mol. The van der Waals surface area contributed by atoms with Gasteiger partial charge in [0.05, 0.1) is 0 Å². The van der Waals surface area contributed by atoms with Gasteiger partial charge in [0.2, 0.25) is 0 Å². The molecule has 1 aliphatic carbocycles. The molecule has 2 aliphatic heterocycles. The molecule has 12 rings (SSSR count). The Morgan fingerprint density at radius 2 is 0.932 bits per heavy atom. The Hall–Kier alpha value is -6.64. The van der Waals surface area contributed by atoms with E-state index < -0.39 is 0 Å². The number of fused-ring (bicyclic) bond motifs is 8. The Morgan fingerprint density at radius 1 is 0.407 bits per heavy atom. The topological polar surface area (TPSA) is 6.48 Å². The van der Waals surface area contributed by atoms with Crippen LogP contribution in [0.4, 0.5) is 22.7 Å². The van der Waals surface area contributed by atoms with Gasteiger partial charge < -0.3 is 9.80 Å². The average Bonchev–Trinajstić information content (AvgIpc) is 3.52. The van der Waals surface area contributed by atoms with Crippen LogP contribution < -0.4 is 9.80 Å². The maximum Gasteiger partial charge on any atom is 0.0443 e. The number of hydrogen-bond acceptors (Lipinski definition) is 2. The molecule has 0 saturated carbocycles. The first-order valence-corrected chi connectivity index (χ1v) is 21.5. The van der Waals surface area contributed by atoms with Crippen molar-refractivity contribution < 1.29 is 0 Å². The largest absolute Gasteiger partial charge is 0.341 e. The quantitative estimate of drug-likeness (QED) is 0.165. The molecule has 2 heterocycles. The van der Waals surface area contributed by atoms with E-state index in [1.54, 1.807) is 0 Å². The van der Waals surface area contributed by atoms with E-state index in [2.05, 4.69) is 194 Å². The van der Waals surface area contributed by atoms with Gasteiger partial charge in [0, 0.05) is 41.3 Å². The van der Waals surface area contributed by atoms with E-state index in [9.17, 15) is 0 Å². The van der Waals surface area contributed by atoms with Crippen molar-refractivity contribution in [2.75, 3.05) is 22.9 Å². The van der Waals surface area contributed by atoms with Crippen molar-refractivity contribution >= 4 is 55.1 Å². The van der Waals surface area contributed by atoms with Crippen molar-refractivity contribution in [3.63, 3.8) is 0 Å². The summed E-state index contributed by atoms with van der Waals surface area (Å²) in [5.74, 6) is 0. The molecule has 0 fully saturated rings. The molecule has 0 unspecified atom stereocenters. The normalized spacial score (nSPS) is 15.3. The van der Waals surface area contributed by atoms with Gasteiger partial charge in [-0.05, 0) is 162 Å². The van der Waals surface area contributed by atoms with E-state index in [0.717, 1.165) is 38.8 Å². The lowest BCUT2D eigenvalue weighted by Gasteiger charge is -2.32. The minimum absolute atomic E-state index is 0.0526. The highest BCUT2D eigenvalue weighted by Crippen LogP contribution is 2.52. The zero-order chi connectivity index (χ0) is 39.2. The summed E-state index contributed by atoms with van der Waals surface area (Å²) in [5, 5.41) is 7.69. The molecule has 284 valence electrons. The van der Waals surface area contributed by atoms with E-state index in [0.29, 0.717) is 0 Å². The maximum absolute atomic E-state index is 2.56. The average molecular weight is 759 g/mol. The summed E-state index contributed by atoms with van der Waals surface area (Å²) in [6.45, 7) is 6.77. The molecule has 59 heavy (non-hydrogen) atoms. The van der Waals surface area contributed by atoms with Crippen molar-refractivity contribution in [1.29, 1.82) is 0 Å².